The Morgan fingerprint density at radius 2 is 2.19 bits per heavy atom. The van der Waals surface area contributed by atoms with Gasteiger partial charge in [-0.1, -0.05) is 13.8 Å². The van der Waals surface area contributed by atoms with Crippen LogP contribution in [-0.2, 0) is 18.4 Å². The summed E-state index contributed by atoms with van der Waals surface area (Å²) in [5, 5.41) is 10.9. The molecular weight excluding hydrogens is 328 g/mol. The molecule has 7 heteroatoms. The maximum Gasteiger partial charge on any atom is 0.220 e. The fourth-order valence-electron chi connectivity index (χ4n) is 2.91. The number of guanidine groups is 1. The quantitative estimate of drug-likeness (QED) is 0.400. The van der Waals surface area contributed by atoms with Gasteiger partial charge < -0.3 is 15.5 Å². The fourth-order valence-corrected chi connectivity index (χ4v) is 2.91. The van der Waals surface area contributed by atoms with Crippen molar-refractivity contribution in [2.24, 2.45) is 12.0 Å². The smallest absolute Gasteiger partial charge is 0.220 e. The number of carbonyl (C=O) groups excluding carboxylic acids is 1. The van der Waals surface area contributed by atoms with Gasteiger partial charge in [-0.25, -0.2) is 0 Å². The van der Waals surface area contributed by atoms with Crippen LogP contribution >= 0.6 is 0 Å². The average molecular weight is 363 g/mol. The Bertz CT molecular complexity index is 618. The van der Waals surface area contributed by atoms with Crippen LogP contribution < -0.4 is 10.6 Å². The third-order valence-corrected chi connectivity index (χ3v) is 4.35. The van der Waals surface area contributed by atoms with E-state index in [-0.39, 0.29) is 5.91 Å². The van der Waals surface area contributed by atoms with Gasteiger partial charge in [0, 0.05) is 58.0 Å². The molecule has 0 saturated heterocycles. The van der Waals surface area contributed by atoms with Gasteiger partial charge in [0.25, 0.3) is 0 Å². The molecule has 26 heavy (non-hydrogen) atoms. The zero-order valence-corrected chi connectivity index (χ0v) is 16.9. The van der Waals surface area contributed by atoms with Crippen LogP contribution in [0.25, 0.3) is 0 Å². The number of nitrogens with zero attached hydrogens (tertiary/aromatic N) is 4. The molecule has 0 bridgehead atoms. The summed E-state index contributed by atoms with van der Waals surface area (Å²) in [5.74, 6) is 1.41. The standard InChI is InChI=1S/C19H34N6O/c1-6-20-19(21-11-7-8-17(26)22-16-9-10-16)24(4)12-15-13-25(5)23-18(15)14(2)3/h13-14,16H,6-12H2,1-5H3,(H,20,21)(H,22,26). The van der Waals surface area contributed by atoms with Crippen LogP contribution in [0.2, 0.25) is 0 Å². The van der Waals surface area contributed by atoms with Crippen molar-refractivity contribution in [1.82, 2.24) is 25.3 Å². The van der Waals surface area contributed by atoms with E-state index >= 15 is 0 Å². The highest BCUT2D eigenvalue weighted by atomic mass is 16.1. The van der Waals surface area contributed by atoms with Gasteiger partial charge in [0.15, 0.2) is 5.96 Å². The Morgan fingerprint density at radius 1 is 1.46 bits per heavy atom. The summed E-state index contributed by atoms with van der Waals surface area (Å²) in [7, 11) is 4.00. The summed E-state index contributed by atoms with van der Waals surface area (Å²) in [4.78, 5) is 18.6. The molecule has 2 rings (SSSR count). The van der Waals surface area contributed by atoms with Gasteiger partial charge in [0.1, 0.15) is 0 Å². The number of amides is 1. The molecule has 1 saturated carbocycles. The molecule has 1 aromatic heterocycles. The maximum absolute atomic E-state index is 11.7. The van der Waals surface area contributed by atoms with Crippen molar-refractivity contribution >= 4 is 11.9 Å². The molecule has 2 N–H and O–H groups in total. The highest BCUT2D eigenvalue weighted by Gasteiger charge is 2.22. The first kappa shape index (κ1) is 20.3. The van der Waals surface area contributed by atoms with Crippen LogP contribution in [0, 0.1) is 0 Å². The van der Waals surface area contributed by atoms with E-state index in [0.29, 0.717) is 24.9 Å². The molecule has 1 fully saturated rings. The van der Waals surface area contributed by atoms with Crippen LogP contribution in [0.4, 0.5) is 0 Å². The number of rotatable bonds is 9. The summed E-state index contributed by atoms with van der Waals surface area (Å²) in [6, 6.07) is 0.434. The lowest BCUT2D eigenvalue weighted by atomic mass is 10.1. The van der Waals surface area contributed by atoms with E-state index in [9.17, 15) is 4.79 Å². The summed E-state index contributed by atoms with van der Waals surface area (Å²) in [6.07, 6.45) is 5.66. The third kappa shape index (κ3) is 6.35. The van der Waals surface area contributed by atoms with Crippen molar-refractivity contribution in [1.29, 1.82) is 0 Å². The van der Waals surface area contributed by atoms with E-state index in [4.69, 9.17) is 0 Å². The minimum absolute atomic E-state index is 0.151. The summed E-state index contributed by atoms with van der Waals surface area (Å²) >= 11 is 0. The Balaban J connectivity index is 1.88. The number of carbonyl (C=O) groups is 1. The Kier molecular flexibility index (Phi) is 7.48. The lowest BCUT2D eigenvalue weighted by Gasteiger charge is -2.22. The van der Waals surface area contributed by atoms with E-state index in [0.717, 1.165) is 44.0 Å². The summed E-state index contributed by atoms with van der Waals surface area (Å²) in [5.41, 5.74) is 2.35. The molecule has 1 heterocycles. The van der Waals surface area contributed by atoms with Crippen molar-refractivity contribution in [3.63, 3.8) is 0 Å². The normalized spacial score (nSPS) is 14.6. The first-order chi connectivity index (χ1) is 12.4. The highest BCUT2D eigenvalue weighted by Crippen LogP contribution is 2.19. The molecule has 146 valence electrons. The number of aliphatic imine (C=N–C) groups is 1. The van der Waals surface area contributed by atoms with Crippen LogP contribution in [0.1, 0.15) is 63.6 Å². The van der Waals surface area contributed by atoms with Crippen molar-refractivity contribution < 1.29 is 4.79 Å². The maximum atomic E-state index is 11.7. The zero-order chi connectivity index (χ0) is 19.1. The molecular formula is C19H34N6O. The molecule has 0 aliphatic heterocycles. The van der Waals surface area contributed by atoms with Gasteiger partial charge in [0.2, 0.25) is 5.91 Å². The molecule has 1 aliphatic rings. The topological polar surface area (TPSA) is 74.6 Å². The predicted octanol–water partition coefficient (Wildman–Crippen LogP) is 2.00. The Morgan fingerprint density at radius 3 is 2.81 bits per heavy atom. The molecule has 1 aromatic rings. The minimum atomic E-state index is 0.151. The van der Waals surface area contributed by atoms with Gasteiger partial charge in [-0.15, -0.1) is 0 Å². The Hall–Kier alpha value is -2.05. The van der Waals surface area contributed by atoms with Crippen LogP contribution in [0.5, 0.6) is 0 Å². The third-order valence-electron chi connectivity index (χ3n) is 4.35. The second-order valence-corrected chi connectivity index (χ2v) is 7.41. The number of hydrogen-bond donors (Lipinski definition) is 2. The molecule has 0 spiro atoms. The molecule has 0 radical (unpaired) electrons. The van der Waals surface area contributed by atoms with Crippen molar-refractivity contribution in [2.75, 3.05) is 20.1 Å². The Labute approximate surface area is 157 Å². The van der Waals surface area contributed by atoms with Crippen LogP contribution in [0.15, 0.2) is 11.2 Å². The van der Waals surface area contributed by atoms with Crippen LogP contribution in [-0.4, -0.2) is 52.7 Å². The predicted molar refractivity (Wildman–Crippen MR) is 105 cm³/mol. The van der Waals surface area contributed by atoms with E-state index in [1.54, 1.807) is 0 Å². The summed E-state index contributed by atoms with van der Waals surface area (Å²) < 4.78 is 1.88. The monoisotopic (exact) mass is 362 g/mol. The SMILES string of the molecule is CCNC(=NCCCC(=O)NC1CC1)N(C)Cc1cn(C)nc1C(C)C. The largest absolute Gasteiger partial charge is 0.357 e. The molecule has 1 aliphatic carbocycles. The van der Waals surface area contributed by atoms with Crippen molar-refractivity contribution in [3.05, 3.63) is 17.5 Å². The van der Waals surface area contributed by atoms with Gasteiger partial charge in [0.05, 0.1) is 5.69 Å². The van der Waals surface area contributed by atoms with Crippen molar-refractivity contribution in [2.45, 2.75) is 65.0 Å². The number of nitrogens with one attached hydrogen (secondary N) is 2. The van der Waals surface area contributed by atoms with E-state index in [1.807, 2.05) is 18.8 Å². The highest BCUT2D eigenvalue weighted by molar-refractivity contribution is 5.80. The van der Waals surface area contributed by atoms with E-state index < -0.39 is 0 Å². The number of aromatic nitrogens is 2. The van der Waals surface area contributed by atoms with E-state index in [1.165, 1.54) is 5.56 Å². The fraction of sp³-hybridized carbons (Fsp3) is 0.737. The molecule has 7 nitrogen and oxygen atoms in total. The first-order valence-corrected chi connectivity index (χ1v) is 9.72. The first-order valence-electron chi connectivity index (χ1n) is 9.72. The lowest BCUT2D eigenvalue weighted by molar-refractivity contribution is -0.121. The van der Waals surface area contributed by atoms with Gasteiger partial charge >= 0.3 is 0 Å². The molecule has 0 atom stereocenters. The molecule has 0 aromatic carbocycles. The average Bonchev–Trinajstić information content (AvgIpc) is 3.30. The van der Waals surface area contributed by atoms with Crippen LogP contribution in [0.3, 0.4) is 0 Å². The summed E-state index contributed by atoms with van der Waals surface area (Å²) in [6.45, 7) is 8.62. The number of aryl methyl sites for hydroxylation is 1. The van der Waals surface area contributed by atoms with Gasteiger partial charge in [-0.05, 0) is 32.1 Å². The molecule has 0 unspecified atom stereocenters. The second kappa shape index (κ2) is 9.59. The minimum Gasteiger partial charge on any atom is -0.357 e. The van der Waals surface area contributed by atoms with Crippen molar-refractivity contribution in [3.8, 4) is 0 Å². The van der Waals surface area contributed by atoms with E-state index in [2.05, 4.69) is 52.6 Å². The van der Waals surface area contributed by atoms with Gasteiger partial charge in [-0.3, -0.25) is 14.5 Å². The van der Waals surface area contributed by atoms with Gasteiger partial charge in [-0.2, -0.15) is 5.10 Å². The zero-order valence-electron chi connectivity index (χ0n) is 16.9. The number of hydrogen-bond acceptors (Lipinski definition) is 3. The second-order valence-electron chi connectivity index (χ2n) is 7.41. The lowest BCUT2D eigenvalue weighted by Crippen LogP contribution is -2.38. The molecule has 1 amide bonds.